The fraction of sp³-hybridized carbons (Fsp3) is 0.167. The number of aliphatic hydroxyl groups is 1. The van der Waals surface area contributed by atoms with Crippen LogP contribution in [0.3, 0.4) is 0 Å². The van der Waals surface area contributed by atoms with E-state index in [2.05, 4.69) is 15.6 Å². The number of hydrogen-bond donors (Lipinski definition) is 2. The smallest absolute Gasteiger partial charge is 0.277 e. The van der Waals surface area contributed by atoms with E-state index in [4.69, 9.17) is 5.11 Å². The van der Waals surface area contributed by atoms with Gasteiger partial charge in [0.25, 0.3) is 5.91 Å². The topological polar surface area (TPSA) is 80.0 Å². The molecule has 24 heavy (non-hydrogen) atoms. The predicted molar refractivity (Wildman–Crippen MR) is 90.8 cm³/mol. The van der Waals surface area contributed by atoms with Crippen LogP contribution in [0.2, 0.25) is 0 Å². The Labute approximate surface area is 139 Å². The minimum atomic E-state index is -0.302. The van der Waals surface area contributed by atoms with Gasteiger partial charge in [0, 0.05) is 12.3 Å². The Morgan fingerprint density at radius 3 is 2.50 bits per heavy atom. The molecule has 0 aliphatic heterocycles. The fourth-order valence-corrected chi connectivity index (χ4v) is 2.33. The standard InChI is InChI=1S/C18H18N4O2/c23-11-10-14-6-8-16(9-7-14)19-18(24)17-13-22(21-20-17)12-15-4-2-1-3-5-15/h1-9,13,23H,10-12H2,(H,19,24). The number of benzene rings is 2. The number of rotatable bonds is 6. The summed E-state index contributed by atoms with van der Waals surface area (Å²) < 4.78 is 1.63. The number of aromatic nitrogens is 3. The van der Waals surface area contributed by atoms with Crippen LogP contribution in [0.25, 0.3) is 0 Å². The van der Waals surface area contributed by atoms with Crippen molar-refractivity contribution < 1.29 is 9.90 Å². The van der Waals surface area contributed by atoms with Crippen molar-refractivity contribution in [2.75, 3.05) is 11.9 Å². The Hall–Kier alpha value is -2.99. The molecule has 0 fully saturated rings. The molecule has 0 unspecified atom stereocenters. The lowest BCUT2D eigenvalue weighted by atomic mass is 10.1. The van der Waals surface area contributed by atoms with Crippen molar-refractivity contribution in [3.63, 3.8) is 0 Å². The Bertz CT molecular complexity index is 797. The third-order valence-electron chi connectivity index (χ3n) is 3.57. The fourth-order valence-electron chi connectivity index (χ4n) is 2.33. The van der Waals surface area contributed by atoms with Crippen LogP contribution in [0.1, 0.15) is 21.6 Å². The van der Waals surface area contributed by atoms with Crippen LogP contribution in [0.15, 0.2) is 60.8 Å². The second kappa shape index (κ2) is 7.52. The van der Waals surface area contributed by atoms with Gasteiger partial charge in [-0.05, 0) is 29.7 Å². The van der Waals surface area contributed by atoms with Gasteiger partial charge in [0.1, 0.15) is 0 Å². The molecule has 0 spiro atoms. The van der Waals surface area contributed by atoms with Gasteiger partial charge in [0.15, 0.2) is 5.69 Å². The second-order valence-electron chi connectivity index (χ2n) is 5.41. The third-order valence-corrected chi connectivity index (χ3v) is 3.57. The van der Waals surface area contributed by atoms with Crippen LogP contribution >= 0.6 is 0 Å². The first-order valence-electron chi connectivity index (χ1n) is 7.70. The molecule has 0 atom stereocenters. The monoisotopic (exact) mass is 322 g/mol. The highest BCUT2D eigenvalue weighted by atomic mass is 16.3. The van der Waals surface area contributed by atoms with Crippen LogP contribution in [0.4, 0.5) is 5.69 Å². The van der Waals surface area contributed by atoms with E-state index in [1.54, 1.807) is 23.0 Å². The molecule has 6 heteroatoms. The molecule has 0 saturated heterocycles. The Morgan fingerprint density at radius 1 is 1.04 bits per heavy atom. The highest BCUT2D eigenvalue weighted by Crippen LogP contribution is 2.11. The number of hydrogen-bond acceptors (Lipinski definition) is 4. The Balaban J connectivity index is 1.63. The van der Waals surface area contributed by atoms with Crippen molar-refractivity contribution in [2.24, 2.45) is 0 Å². The molecule has 0 saturated carbocycles. The summed E-state index contributed by atoms with van der Waals surface area (Å²) in [6, 6.07) is 17.2. The van der Waals surface area contributed by atoms with Crippen molar-refractivity contribution in [3.8, 4) is 0 Å². The molecule has 3 rings (SSSR count). The SMILES string of the molecule is O=C(Nc1ccc(CCO)cc1)c1cn(Cc2ccccc2)nn1. The number of aliphatic hydroxyl groups excluding tert-OH is 1. The van der Waals surface area contributed by atoms with Gasteiger partial charge in [-0.2, -0.15) is 0 Å². The molecule has 3 aromatic rings. The van der Waals surface area contributed by atoms with E-state index in [0.717, 1.165) is 11.1 Å². The molecule has 1 amide bonds. The zero-order valence-electron chi connectivity index (χ0n) is 13.1. The lowest BCUT2D eigenvalue weighted by Gasteiger charge is -2.04. The highest BCUT2D eigenvalue weighted by molar-refractivity contribution is 6.02. The summed E-state index contributed by atoms with van der Waals surface area (Å²) in [4.78, 5) is 12.2. The molecule has 2 aromatic carbocycles. The largest absolute Gasteiger partial charge is 0.396 e. The molecule has 1 heterocycles. The summed E-state index contributed by atoms with van der Waals surface area (Å²) in [5, 5.41) is 19.6. The first-order chi connectivity index (χ1) is 11.7. The number of carbonyl (C=O) groups is 1. The molecular formula is C18H18N4O2. The zero-order chi connectivity index (χ0) is 16.8. The number of nitrogens with one attached hydrogen (secondary N) is 1. The van der Waals surface area contributed by atoms with Gasteiger partial charge in [-0.3, -0.25) is 4.79 Å². The Morgan fingerprint density at radius 2 is 1.79 bits per heavy atom. The minimum absolute atomic E-state index is 0.107. The number of carbonyl (C=O) groups excluding carboxylic acids is 1. The molecular weight excluding hydrogens is 304 g/mol. The third kappa shape index (κ3) is 4.05. The molecule has 0 aliphatic carbocycles. The summed E-state index contributed by atoms with van der Waals surface area (Å²) in [5.74, 6) is -0.302. The maximum Gasteiger partial charge on any atom is 0.277 e. The second-order valence-corrected chi connectivity index (χ2v) is 5.41. The summed E-state index contributed by atoms with van der Waals surface area (Å²) >= 11 is 0. The molecule has 2 N–H and O–H groups in total. The molecule has 122 valence electrons. The average molecular weight is 322 g/mol. The average Bonchev–Trinajstić information content (AvgIpc) is 3.06. The van der Waals surface area contributed by atoms with E-state index in [1.165, 1.54) is 0 Å². The maximum absolute atomic E-state index is 12.2. The van der Waals surface area contributed by atoms with Crippen LogP contribution < -0.4 is 5.32 Å². The van der Waals surface area contributed by atoms with Crippen LogP contribution in [-0.2, 0) is 13.0 Å². The van der Waals surface area contributed by atoms with Crippen molar-refractivity contribution in [1.29, 1.82) is 0 Å². The molecule has 1 aromatic heterocycles. The van der Waals surface area contributed by atoms with Crippen molar-refractivity contribution in [1.82, 2.24) is 15.0 Å². The van der Waals surface area contributed by atoms with E-state index < -0.39 is 0 Å². The van der Waals surface area contributed by atoms with Gasteiger partial charge in [0.05, 0.1) is 12.7 Å². The van der Waals surface area contributed by atoms with E-state index in [-0.39, 0.29) is 18.2 Å². The summed E-state index contributed by atoms with van der Waals surface area (Å²) in [7, 11) is 0. The first-order valence-corrected chi connectivity index (χ1v) is 7.70. The van der Waals surface area contributed by atoms with Crippen molar-refractivity contribution in [3.05, 3.63) is 77.6 Å². The first kappa shape index (κ1) is 15.9. The molecule has 6 nitrogen and oxygen atoms in total. The normalized spacial score (nSPS) is 10.5. The summed E-state index contributed by atoms with van der Waals surface area (Å²) in [6.45, 7) is 0.674. The molecule has 0 aliphatic rings. The van der Waals surface area contributed by atoms with E-state index in [9.17, 15) is 4.79 Å². The number of amides is 1. The van der Waals surface area contributed by atoms with Crippen LogP contribution in [0.5, 0.6) is 0 Å². The minimum Gasteiger partial charge on any atom is -0.396 e. The number of anilines is 1. The van der Waals surface area contributed by atoms with Crippen molar-refractivity contribution >= 4 is 11.6 Å². The summed E-state index contributed by atoms with van der Waals surface area (Å²) in [6.07, 6.45) is 2.23. The van der Waals surface area contributed by atoms with Crippen molar-refractivity contribution in [2.45, 2.75) is 13.0 Å². The van der Waals surface area contributed by atoms with Gasteiger partial charge in [-0.15, -0.1) is 5.10 Å². The van der Waals surface area contributed by atoms with Gasteiger partial charge in [0.2, 0.25) is 0 Å². The van der Waals surface area contributed by atoms with Gasteiger partial charge in [-0.25, -0.2) is 4.68 Å². The maximum atomic E-state index is 12.2. The van der Waals surface area contributed by atoms with Gasteiger partial charge >= 0.3 is 0 Å². The highest BCUT2D eigenvalue weighted by Gasteiger charge is 2.11. The van der Waals surface area contributed by atoms with E-state index in [0.29, 0.717) is 18.7 Å². The molecule has 0 radical (unpaired) electrons. The van der Waals surface area contributed by atoms with Gasteiger partial charge < -0.3 is 10.4 Å². The van der Waals surface area contributed by atoms with E-state index >= 15 is 0 Å². The van der Waals surface area contributed by atoms with Crippen LogP contribution in [-0.4, -0.2) is 32.6 Å². The van der Waals surface area contributed by atoms with E-state index in [1.807, 2.05) is 42.5 Å². The predicted octanol–water partition coefficient (Wildman–Crippen LogP) is 2.11. The number of nitrogens with zero attached hydrogens (tertiary/aromatic N) is 3. The van der Waals surface area contributed by atoms with Gasteiger partial charge in [-0.1, -0.05) is 47.7 Å². The quantitative estimate of drug-likeness (QED) is 0.728. The lowest BCUT2D eigenvalue weighted by molar-refractivity contribution is 0.102. The lowest BCUT2D eigenvalue weighted by Crippen LogP contribution is -2.12. The molecule has 0 bridgehead atoms. The zero-order valence-corrected chi connectivity index (χ0v) is 13.1. The summed E-state index contributed by atoms with van der Waals surface area (Å²) in [5.41, 5.74) is 3.06. The van der Waals surface area contributed by atoms with Crippen LogP contribution in [0, 0.1) is 0 Å². The Kier molecular flexibility index (Phi) is 4.98.